The lowest BCUT2D eigenvalue weighted by Crippen LogP contribution is -2.24. The largest absolute Gasteiger partial charge is 0.481 e. The van der Waals surface area contributed by atoms with E-state index in [0.29, 0.717) is 0 Å². The van der Waals surface area contributed by atoms with Crippen LogP contribution in [0.4, 0.5) is 0 Å². The van der Waals surface area contributed by atoms with Crippen molar-refractivity contribution in [3.63, 3.8) is 0 Å². The third-order valence-corrected chi connectivity index (χ3v) is 3.75. The van der Waals surface area contributed by atoms with Crippen molar-refractivity contribution in [2.24, 2.45) is 5.41 Å². The number of benzene rings is 1. The van der Waals surface area contributed by atoms with Gasteiger partial charge in [-0.25, -0.2) is 0 Å². The fourth-order valence-corrected chi connectivity index (χ4v) is 3.23. The average molecular weight is 288 g/mol. The number of hydrogen-bond donors (Lipinski definition) is 1. The van der Waals surface area contributed by atoms with Gasteiger partial charge in [-0.1, -0.05) is 40.7 Å². The van der Waals surface area contributed by atoms with Crippen molar-refractivity contribution < 1.29 is 14.3 Å². The lowest BCUT2D eigenvalue weighted by atomic mass is 9.72. The van der Waals surface area contributed by atoms with Crippen LogP contribution in [0.1, 0.15) is 52.2 Å². The minimum Gasteiger partial charge on any atom is -0.481 e. The first-order valence-electron chi connectivity index (χ1n) is 7.31. The predicted molar refractivity (Wildman–Crippen MR) is 84.7 cm³/mol. The highest BCUT2D eigenvalue weighted by atomic mass is 16.4. The number of carboxylic acids is 1. The summed E-state index contributed by atoms with van der Waals surface area (Å²) in [6, 6.07) is 6.12. The molecule has 3 nitrogen and oxygen atoms in total. The maximum absolute atomic E-state index is 10.9. The lowest BCUT2D eigenvalue weighted by Gasteiger charge is -2.33. The van der Waals surface area contributed by atoms with E-state index in [1.807, 2.05) is 6.07 Å². The van der Waals surface area contributed by atoms with Crippen molar-refractivity contribution >= 4 is 16.9 Å². The molecule has 2 aromatic rings. The molecule has 0 bridgehead atoms. The molecule has 3 heteroatoms. The maximum Gasteiger partial charge on any atom is 0.307 e. The summed E-state index contributed by atoms with van der Waals surface area (Å²) >= 11 is 0. The van der Waals surface area contributed by atoms with Crippen LogP contribution in [0.5, 0.6) is 0 Å². The van der Waals surface area contributed by atoms with Gasteiger partial charge in [-0.15, -0.1) is 0 Å². The summed E-state index contributed by atoms with van der Waals surface area (Å²) < 4.78 is 5.46. The van der Waals surface area contributed by atoms with Gasteiger partial charge in [-0.2, -0.15) is 0 Å². The summed E-state index contributed by atoms with van der Waals surface area (Å²) in [5, 5.41) is 9.90. The zero-order valence-electron chi connectivity index (χ0n) is 13.5. The Morgan fingerprint density at radius 3 is 2.43 bits per heavy atom. The van der Waals surface area contributed by atoms with E-state index < -0.39 is 5.97 Å². The minimum atomic E-state index is -0.836. The van der Waals surface area contributed by atoms with Gasteiger partial charge in [0.2, 0.25) is 0 Å². The number of hydrogen-bond acceptors (Lipinski definition) is 2. The van der Waals surface area contributed by atoms with Crippen molar-refractivity contribution in [2.75, 3.05) is 0 Å². The average Bonchev–Trinajstić information content (AvgIpc) is 2.68. The van der Waals surface area contributed by atoms with E-state index in [0.717, 1.165) is 23.0 Å². The van der Waals surface area contributed by atoms with Gasteiger partial charge in [0.1, 0.15) is 5.58 Å². The van der Waals surface area contributed by atoms with E-state index in [9.17, 15) is 4.79 Å². The molecule has 1 heterocycles. The molecule has 21 heavy (non-hydrogen) atoms. The van der Waals surface area contributed by atoms with Crippen LogP contribution in [-0.2, 0) is 16.6 Å². The maximum atomic E-state index is 10.9. The van der Waals surface area contributed by atoms with Gasteiger partial charge < -0.3 is 9.52 Å². The van der Waals surface area contributed by atoms with Gasteiger partial charge in [-0.05, 0) is 34.9 Å². The van der Waals surface area contributed by atoms with Crippen molar-refractivity contribution in [1.82, 2.24) is 0 Å². The third kappa shape index (κ3) is 3.66. The number of rotatable bonds is 4. The molecular formula is C18H24O3. The molecule has 0 spiro atoms. The van der Waals surface area contributed by atoms with Crippen LogP contribution in [0.25, 0.3) is 11.0 Å². The molecule has 1 N–H and O–H groups in total. The molecule has 2 rings (SSSR count). The van der Waals surface area contributed by atoms with E-state index in [1.54, 1.807) is 6.26 Å². The van der Waals surface area contributed by atoms with E-state index in [-0.39, 0.29) is 17.3 Å². The van der Waals surface area contributed by atoms with Crippen molar-refractivity contribution in [2.45, 2.75) is 52.9 Å². The van der Waals surface area contributed by atoms with E-state index in [1.165, 1.54) is 5.56 Å². The Labute approximate surface area is 126 Å². The number of carboxylic acid groups (broad SMARTS) is 1. The molecule has 0 aliphatic rings. The predicted octanol–water partition coefficient (Wildman–Crippen LogP) is 4.77. The molecule has 0 saturated heterocycles. The highest BCUT2D eigenvalue weighted by Crippen LogP contribution is 2.37. The third-order valence-electron chi connectivity index (χ3n) is 3.75. The summed E-state index contributed by atoms with van der Waals surface area (Å²) in [6.07, 6.45) is 2.60. The molecule has 0 radical (unpaired) electrons. The Morgan fingerprint density at radius 1 is 1.19 bits per heavy atom. The second kappa shape index (κ2) is 5.21. The number of aliphatic carboxylic acids is 1. The zero-order chi connectivity index (χ0) is 15.8. The van der Waals surface area contributed by atoms with Crippen LogP contribution >= 0.6 is 0 Å². The SMILES string of the molecule is CC(C)(C)CC(C)(C)c1ccc2occ(CC(=O)O)c2c1. The monoisotopic (exact) mass is 288 g/mol. The van der Waals surface area contributed by atoms with Gasteiger partial charge >= 0.3 is 5.97 Å². The first-order valence-corrected chi connectivity index (χ1v) is 7.31. The Hall–Kier alpha value is -1.77. The van der Waals surface area contributed by atoms with Gasteiger partial charge in [0.25, 0.3) is 0 Å². The number of carbonyl (C=O) groups is 1. The normalized spacial score (nSPS) is 12.8. The van der Waals surface area contributed by atoms with Crippen LogP contribution in [0.2, 0.25) is 0 Å². The summed E-state index contributed by atoms with van der Waals surface area (Å²) in [7, 11) is 0. The summed E-state index contributed by atoms with van der Waals surface area (Å²) in [5.74, 6) is -0.836. The van der Waals surface area contributed by atoms with Crippen LogP contribution in [0.3, 0.4) is 0 Å². The van der Waals surface area contributed by atoms with Crippen LogP contribution in [0.15, 0.2) is 28.9 Å². The van der Waals surface area contributed by atoms with Crippen molar-refractivity contribution in [1.29, 1.82) is 0 Å². The zero-order valence-corrected chi connectivity index (χ0v) is 13.5. The molecule has 0 atom stereocenters. The second-order valence-corrected chi connectivity index (χ2v) is 7.66. The van der Waals surface area contributed by atoms with Crippen LogP contribution in [0, 0.1) is 5.41 Å². The summed E-state index contributed by atoms with van der Waals surface area (Å²) in [4.78, 5) is 10.9. The molecule has 0 saturated carbocycles. The highest BCUT2D eigenvalue weighted by molar-refractivity contribution is 5.86. The standard InChI is InChI=1S/C18H24O3/c1-17(2,3)11-18(4,5)13-6-7-15-14(9-13)12(10-21-15)8-16(19)20/h6-7,9-10H,8,11H2,1-5H3,(H,19,20). The molecule has 0 amide bonds. The van der Waals surface area contributed by atoms with E-state index >= 15 is 0 Å². The molecule has 1 aromatic carbocycles. The lowest BCUT2D eigenvalue weighted by molar-refractivity contribution is -0.136. The minimum absolute atomic E-state index is 0.00382. The smallest absolute Gasteiger partial charge is 0.307 e. The van der Waals surface area contributed by atoms with E-state index in [4.69, 9.17) is 9.52 Å². The molecule has 0 aliphatic heterocycles. The highest BCUT2D eigenvalue weighted by Gasteiger charge is 2.27. The van der Waals surface area contributed by atoms with Gasteiger partial charge in [0, 0.05) is 10.9 Å². The number of fused-ring (bicyclic) bond motifs is 1. The Bertz CT molecular complexity index is 657. The van der Waals surface area contributed by atoms with Crippen LogP contribution < -0.4 is 0 Å². The van der Waals surface area contributed by atoms with Gasteiger partial charge in [0.15, 0.2) is 0 Å². The van der Waals surface area contributed by atoms with Gasteiger partial charge in [-0.3, -0.25) is 4.79 Å². The molecule has 0 aliphatic carbocycles. The molecular weight excluding hydrogens is 264 g/mol. The summed E-state index contributed by atoms with van der Waals surface area (Å²) in [6.45, 7) is 11.2. The van der Waals surface area contributed by atoms with Crippen LogP contribution in [-0.4, -0.2) is 11.1 Å². The second-order valence-electron chi connectivity index (χ2n) is 7.66. The quantitative estimate of drug-likeness (QED) is 0.881. The first kappa shape index (κ1) is 15.6. The Kier molecular flexibility index (Phi) is 3.87. The van der Waals surface area contributed by atoms with Gasteiger partial charge in [0.05, 0.1) is 12.7 Å². The van der Waals surface area contributed by atoms with E-state index in [2.05, 4.69) is 46.8 Å². The van der Waals surface area contributed by atoms with Crippen molar-refractivity contribution in [3.8, 4) is 0 Å². The molecule has 114 valence electrons. The Morgan fingerprint density at radius 2 is 1.86 bits per heavy atom. The Balaban J connectivity index is 2.43. The fraction of sp³-hybridized carbons (Fsp3) is 0.500. The molecule has 0 fully saturated rings. The molecule has 1 aromatic heterocycles. The first-order chi connectivity index (χ1) is 9.58. The fourth-order valence-electron chi connectivity index (χ4n) is 3.23. The van der Waals surface area contributed by atoms with Crippen molar-refractivity contribution in [3.05, 3.63) is 35.6 Å². The number of furan rings is 1. The summed E-state index contributed by atoms with van der Waals surface area (Å²) in [5.41, 5.74) is 2.98. The topological polar surface area (TPSA) is 50.4 Å². The molecule has 0 unspecified atom stereocenters.